The second-order valence-corrected chi connectivity index (χ2v) is 6.66. The summed E-state index contributed by atoms with van der Waals surface area (Å²) in [5, 5.41) is 11.5. The van der Waals surface area contributed by atoms with Crippen LogP contribution < -0.4 is 5.11 Å². The van der Waals surface area contributed by atoms with Crippen LogP contribution in [0.1, 0.15) is 38.5 Å². The van der Waals surface area contributed by atoms with Crippen molar-refractivity contribution >= 4 is 24.6 Å². The van der Waals surface area contributed by atoms with E-state index in [2.05, 4.69) is 12.6 Å². The number of carbonyl (C=O) groups is 2. The normalized spacial score (nSPS) is 44.9. The van der Waals surface area contributed by atoms with E-state index in [9.17, 15) is 14.7 Å². The predicted octanol–water partition coefficient (Wildman–Crippen LogP) is 0.548. The van der Waals surface area contributed by atoms with Gasteiger partial charge in [0.25, 0.3) is 0 Å². The predicted molar refractivity (Wildman–Crippen MR) is 64.8 cm³/mol. The Labute approximate surface area is 111 Å². The summed E-state index contributed by atoms with van der Waals surface area (Å²) in [7, 11) is 0. The molecule has 4 aliphatic rings. The molecule has 4 aliphatic carbocycles. The molecule has 2 atom stereocenters. The minimum absolute atomic E-state index is 0.0510. The summed E-state index contributed by atoms with van der Waals surface area (Å²) in [5.41, 5.74) is -1.30. The summed E-state index contributed by atoms with van der Waals surface area (Å²) in [4.78, 5) is 23.0. The standard InChI is InChI=1S/C13H18O4S/c14-10(6-18)17-13-4-8-1-9(5-13)3-12(2-8,7-13)11(15)16/h8-9,18H,1-7H2,(H,15,16)/p-1. The zero-order valence-corrected chi connectivity index (χ0v) is 11.1. The summed E-state index contributed by atoms with van der Waals surface area (Å²) in [6.07, 6.45) is 4.55. The van der Waals surface area contributed by atoms with Gasteiger partial charge in [-0.3, -0.25) is 4.79 Å². The Morgan fingerprint density at radius 1 is 1.22 bits per heavy atom. The first-order chi connectivity index (χ1) is 8.47. The van der Waals surface area contributed by atoms with Gasteiger partial charge in [-0.15, -0.1) is 0 Å². The number of hydrogen-bond donors (Lipinski definition) is 1. The van der Waals surface area contributed by atoms with Crippen molar-refractivity contribution in [2.75, 3.05) is 5.75 Å². The summed E-state index contributed by atoms with van der Waals surface area (Å²) in [5.74, 6) is -0.500. The molecule has 0 aliphatic heterocycles. The van der Waals surface area contributed by atoms with Crippen LogP contribution in [0.5, 0.6) is 0 Å². The molecule has 4 fully saturated rings. The highest BCUT2D eigenvalue weighted by Crippen LogP contribution is 2.62. The molecule has 18 heavy (non-hydrogen) atoms. The van der Waals surface area contributed by atoms with E-state index < -0.39 is 17.0 Å². The highest BCUT2D eigenvalue weighted by atomic mass is 32.1. The lowest BCUT2D eigenvalue weighted by Gasteiger charge is -2.61. The second kappa shape index (κ2) is 3.89. The van der Waals surface area contributed by atoms with Gasteiger partial charge in [0.15, 0.2) is 0 Å². The van der Waals surface area contributed by atoms with E-state index in [0.717, 1.165) is 19.3 Å². The maximum atomic E-state index is 11.5. The second-order valence-electron chi connectivity index (χ2n) is 6.34. The third-order valence-electron chi connectivity index (χ3n) is 4.90. The molecule has 0 radical (unpaired) electrons. The van der Waals surface area contributed by atoms with E-state index in [1.807, 2.05) is 0 Å². The van der Waals surface area contributed by atoms with Crippen molar-refractivity contribution in [3.05, 3.63) is 0 Å². The number of aliphatic carboxylic acids is 1. The third kappa shape index (κ3) is 1.75. The summed E-state index contributed by atoms with van der Waals surface area (Å²) in [6.45, 7) is 0. The number of thiol groups is 1. The van der Waals surface area contributed by atoms with E-state index >= 15 is 0 Å². The van der Waals surface area contributed by atoms with Crippen LogP contribution in [0, 0.1) is 17.3 Å². The Morgan fingerprint density at radius 2 is 1.83 bits per heavy atom. The third-order valence-corrected chi connectivity index (χ3v) is 5.16. The summed E-state index contributed by atoms with van der Waals surface area (Å²) in [6, 6.07) is 0. The quantitative estimate of drug-likeness (QED) is 0.600. The summed E-state index contributed by atoms with van der Waals surface area (Å²) >= 11 is 3.92. The number of esters is 1. The molecule has 2 unspecified atom stereocenters. The molecule has 0 amide bonds. The Kier molecular flexibility index (Phi) is 2.66. The molecule has 0 N–H and O–H groups in total. The molecule has 0 aromatic heterocycles. The lowest BCUT2D eigenvalue weighted by Crippen LogP contribution is -2.62. The average Bonchev–Trinajstić information content (AvgIpc) is 2.26. The fraction of sp³-hybridized carbons (Fsp3) is 0.846. The minimum Gasteiger partial charge on any atom is -0.550 e. The SMILES string of the molecule is O=C(CS)OC12CC3CC(C1)CC(C(=O)[O-])(C3)C2. The molecule has 5 heteroatoms. The van der Waals surface area contributed by atoms with Gasteiger partial charge in [-0.2, -0.15) is 12.6 Å². The Bertz CT molecular complexity index is 392. The number of rotatable bonds is 3. The molecule has 4 rings (SSSR count). The van der Waals surface area contributed by atoms with Crippen molar-refractivity contribution in [1.29, 1.82) is 0 Å². The molecule has 0 saturated heterocycles. The number of ether oxygens (including phenoxy) is 1. The highest BCUT2D eigenvalue weighted by Gasteiger charge is 2.60. The van der Waals surface area contributed by atoms with E-state index in [1.165, 1.54) is 0 Å². The van der Waals surface area contributed by atoms with Crippen LogP contribution in [-0.4, -0.2) is 23.3 Å². The average molecular weight is 269 g/mol. The van der Waals surface area contributed by atoms with Crippen LogP contribution in [0.3, 0.4) is 0 Å². The molecular weight excluding hydrogens is 252 g/mol. The molecular formula is C13H17O4S-. The largest absolute Gasteiger partial charge is 0.550 e. The van der Waals surface area contributed by atoms with Gasteiger partial charge < -0.3 is 14.6 Å². The van der Waals surface area contributed by atoms with Crippen LogP contribution in [0.15, 0.2) is 0 Å². The smallest absolute Gasteiger partial charge is 0.316 e. The monoisotopic (exact) mass is 269 g/mol. The topological polar surface area (TPSA) is 66.4 Å². The maximum Gasteiger partial charge on any atom is 0.316 e. The minimum atomic E-state index is -0.956. The van der Waals surface area contributed by atoms with Gasteiger partial charge in [0.1, 0.15) is 5.60 Å². The molecule has 4 bridgehead atoms. The van der Waals surface area contributed by atoms with Gasteiger partial charge in [0.05, 0.1) is 5.75 Å². The first-order valence-electron chi connectivity index (χ1n) is 6.51. The van der Waals surface area contributed by atoms with Crippen LogP contribution in [0.4, 0.5) is 0 Å². The Balaban J connectivity index is 1.89. The fourth-order valence-electron chi connectivity index (χ4n) is 4.81. The van der Waals surface area contributed by atoms with Gasteiger partial charge in [-0.1, -0.05) is 0 Å². The van der Waals surface area contributed by atoms with Crippen molar-refractivity contribution in [2.24, 2.45) is 17.3 Å². The van der Waals surface area contributed by atoms with Crippen molar-refractivity contribution < 1.29 is 19.4 Å². The van der Waals surface area contributed by atoms with E-state index in [1.54, 1.807) is 0 Å². The van der Waals surface area contributed by atoms with Crippen molar-refractivity contribution in [1.82, 2.24) is 0 Å². The number of carbonyl (C=O) groups excluding carboxylic acids is 2. The van der Waals surface area contributed by atoms with Crippen LogP contribution in [0.25, 0.3) is 0 Å². The Morgan fingerprint density at radius 3 is 2.33 bits per heavy atom. The first kappa shape index (κ1) is 12.3. The van der Waals surface area contributed by atoms with Crippen LogP contribution in [0.2, 0.25) is 0 Å². The lowest BCUT2D eigenvalue weighted by atomic mass is 9.48. The molecule has 4 saturated carbocycles. The lowest BCUT2D eigenvalue weighted by molar-refractivity contribution is -0.331. The molecule has 0 spiro atoms. The van der Waals surface area contributed by atoms with Gasteiger partial charge in [-0.05, 0) is 50.4 Å². The van der Waals surface area contributed by atoms with Crippen LogP contribution in [-0.2, 0) is 14.3 Å². The molecule has 0 aromatic carbocycles. The van der Waals surface area contributed by atoms with Gasteiger partial charge in [-0.25, -0.2) is 0 Å². The van der Waals surface area contributed by atoms with Crippen molar-refractivity contribution in [2.45, 2.75) is 44.1 Å². The molecule has 4 nitrogen and oxygen atoms in total. The van der Waals surface area contributed by atoms with Crippen LogP contribution >= 0.6 is 12.6 Å². The van der Waals surface area contributed by atoms with Gasteiger partial charge >= 0.3 is 5.97 Å². The molecule has 0 aromatic rings. The number of hydrogen-bond acceptors (Lipinski definition) is 5. The molecule has 100 valence electrons. The van der Waals surface area contributed by atoms with Crippen molar-refractivity contribution in [3.8, 4) is 0 Å². The number of carboxylic acids is 1. The zero-order chi connectivity index (χ0) is 13.0. The highest BCUT2D eigenvalue weighted by molar-refractivity contribution is 7.81. The van der Waals surface area contributed by atoms with E-state index in [4.69, 9.17) is 4.74 Å². The fourth-order valence-corrected chi connectivity index (χ4v) is 4.88. The number of carboxylic acid groups (broad SMARTS) is 1. The van der Waals surface area contributed by atoms with Crippen molar-refractivity contribution in [3.63, 3.8) is 0 Å². The first-order valence-corrected chi connectivity index (χ1v) is 7.14. The zero-order valence-electron chi connectivity index (χ0n) is 10.2. The maximum absolute atomic E-state index is 11.5. The van der Waals surface area contributed by atoms with Gasteiger partial charge in [0.2, 0.25) is 0 Å². The molecule has 0 heterocycles. The Hall–Kier alpha value is -0.710. The van der Waals surface area contributed by atoms with Gasteiger partial charge in [0, 0.05) is 11.4 Å². The van der Waals surface area contributed by atoms with E-state index in [-0.39, 0.29) is 11.7 Å². The summed E-state index contributed by atoms with van der Waals surface area (Å²) < 4.78 is 5.57. The van der Waals surface area contributed by atoms with E-state index in [0.29, 0.717) is 31.1 Å².